The summed E-state index contributed by atoms with van der Waals surface area (Å²) in [6, 6.07) is 0. The minimum absolute atomic E-state index is 0.281. The zero-order chi connectivity index (χ0) is 11.4. The Kier molecular flexibility index (Phi) is 3.59. The number of aromatic amines is 1. The fraction of sp³-hybridized carbons (Fsp3) is 0.833. The van der Waals surface area contributed by atoms with Gasteiger partial charge in [0.05, 0.1) is 0 Å². The van der Waals surface area contributed by atoms with Gasteiger partial charge in [-0.15, -0.1) is 0 Å². The van der Waals surface area contributed by atoms with E-state index in [4.69, 9.17) is 5.73 Å². The maximum Gasteiger partial charge on any atom is 0.150 e. The third-order valence-electron chi connectivity index (χ3n) is 3.78. The van der Waals surface area contributed by atoms with Crippen LogP contribution in [0.3, 0.4) is 0 Å². The average molecular weight is 222 g/mol. The predicted octanol–water partition coefficient (Wildman–Crippen LogP) is 1.82. The molecule has 1 aliphatic rings. The lowest BCUT2D eigenvalue weighted by atomic mass is 9.72. The molecule has 1 aromatic rings. The van der Waals surface area contributed by atoms with Crippen LogP contribution in [-0.2, 0) is 12.8 Å². The van der Waals surface area contributed by atoms with Crippen molar-refractivity contribution in [3.05, 3.63) is 11.6 Å². The number of rotatable bonds is 4. The van der Waals surface area contributed by atoms with E-state index in [1.807, 2.05) is 0 Å². The lowest BCUT2D eigenvalue weighted by Crippen LogP contribution is -2.35. The monoisotopic (exact) mass is 222 g/mol. The van der Waals surface area contributed by atoms with Gasteiger partial charge < -0.3 is 5.73 Å². The normalized spacial score (nSPS) is 19.9. The topological polar surface area (TPSA) is 67.6 Å². The van der Waals surface area contributed by atoms with Crippen molar-refractivity contribution in [2.45, 2.75) is 51.9 Å². The standard InChI is InChI=1S/C12H22N4/c1-2-10-14-11(16-15-10)8-12(9-13)6-4-3-5-7-12/h2-9,13H2,1H3,(H,14,15,16). The highest BCUT2D eigenvalue weighted by Gasteiger charge is 2.31. The van der Waals surface area contributed by atoms with Gasteiger partial charge in [-0.05, 0) is 24.8 Å². The van der Waals surface area contributed by atoms with Crippen LogP contribution < -0.4 is 5.73 Å². The molecule has 1 aliphatic carbocycles. The molecule has 4 heteroatoms. The van der Waals surface area contributed by atoms with Crippen LogP contribution in [-0.4, -0.2) is 21.7 Å². The summed E-state index contributed by atoms with van der Waals surface area (Å²) in [4.78, 5) is 4.49. The molecule has 0 aliphatic heterocycles. The van der Waals surface area contributed by atoms with E-state index < -0.39 is 0 Å². The van der Waals surface area contributed by atoms with Gasteiger partial charge in [0, 0.05) is 12.8 Å². The number of aryl methyl sites for hydroxylation is 1. The number of aromatic nitrogens is 3. The Balaban J connectivity index is 2.05. The first kappa shape index (κ1) is 11.6. The van der Waals surface area contributed by atoms with E-state index in [1.165, 1.54) is 32.1 Å². The summed E-state index contributed by atoms with van der Waals surface area (Å²) in [7, 11) is 0. The number of hydrogen-bond donors (Lipinski definition) is 2. The van der Waals surface area contributed by atoms with Crippen LogP contribution in [0, 0.1) is 5.41 Å². The van der Waals surface area contributed by atoms with Crippen LogP contribution in [0.2, 0.25) is 0 Å². The summed E-state index contributed by atoms with van der Waals surface area (Å²) in [6.07, 6.45) is 8.33. The van der Waals surface area contributed by atoms with Gasteiger partial charge in [-0.2, -0.15) is 5.10 Å². The first-order valence-corrected chi connectivity index (χ1v) is 6.38. The van der Waals surface area contributed by atoms with E-state index in [0.29, 0.717) is 0 Å². The summed E-state index contributed by atoms with van der Waals surface area (Å²) in [5.41, 5.74) is 6.24. The molecule has 0 bridgehead atoms. The molecule has 2 rings (SSSR count). The van der Waals surface area contributed by atoms with Crippen molar-refractivity contribution in [1.29, 1.82) is 0 Å². The average Bonchev–Trinajstić information content (AvgIpc) is 2.78. The Bertz CT molecular complexity index is 326. The first-order valence-electron chi connectivity index (χ1n) is 6.38. The minimum atomic E-state index is 0.281. The van der Waals surface area contributed by atoms with Gasteiger partial charge in [0.1, 0.15) is 11.6 Å². The van der Waals surface area contributed by atoms with Crippen molar-refractivity contribution in [2.75, 3.05) is 6.54 Å². The van der Waals surface area contributed by atoms with E-state index in [-0.39, 0.29) is 5.41 Å². The summed E-state index contributed by atoms with van der Waals surface area (Å²) in [5.74, 6) is 1.93. The van der Waals surface area contributed by atoms with Crippen molar-refractivity contribution in [3.8, 4) is 0 Å². The van der Waals surface area contributed by atoms with Gasteiger partial charge in [0.25, 0.3) is 0 Å². The van der Waals surface area contributed by atoms with E-state index in [2.05, 4.69) is 22.1 Å². The van der Waals surface area contributed by atoms with Gasteiger partial charge >= 0.3 is 0 Å². The fourth-order valence-electron chi connectivity index (χ4n) is 2.68. The third kappa shape index (κ3) is 2.43. The summed E-state index contributed by atoms with van der Waals surface area (Å²) in [5, 5.41) is 7.24. The molecular weight excluding hydrogens is 200 g/mol. The van der Waals surface area contributed by atoms with Crippen molar-refractivity contribution < 1.29 is 0 Å². The number of nitrogens with two attached hydrogens (primary N) is 1. The molecule has 4 nitrogen and oxygen atoms in total. The lowest BCUT2D eigenvalue weighted by Gasteiger charge is -2.35. The molecule has 0 radical (unpaired) electrons. The number of nitrogens with zero attached hydrogens (tertiary/aromatic N) is 2. The van der Waals surface area contributed by atoms with Crippen LogP contribution in [0.4, 0.5) is 0 Å². The second kappa shape index (κ2) is 4.95. The van der Waals surface area contributed by atoms with Crippen LogP contribution in [0.25, 0.3) is 0 Å². The van der Waals surface area contributed by atoms with Crippen molar-refractivity contribution in [2.24, 2.45) is 11.1 Å². The maximum absolute atomic E-state index is 5.96. The highest BCUT2D eigenvalue weighted by molar-refractivity contribution is 4.97. The second-order valence-electron chi connectivity index (χ2n) is 4.99. The highest BCUT2D eigenvalue weighted by Crippen LogP contribution is 2.37. The molecule has 1 heterocycles. The van der Waals surface area contributed by atoms with Crippen LogP contribution in [0.1, 0.15) is 50.7 Å². The molecule has 0 amide bonds. The van der Waals surface area contributed by atoms with Crippen LogP contribution >= 0.6 is 0 Å². The highest BCUT2D eigenvalue weighted by atomic mass is 15.2. The lowest BCUT2D eigenvalue weighted by molar-refractivity contribution is 0.194. The van der Waals surface area contributed by atoms with Gasteiger partial charge in [0.2, 0.25) is 0 Å². The Morgan fingerprint density at radius 3 is 2.62 bits per heavy atom. The maximum atomic E-state index is 5.96. The number of hydrogen-bond acceptors (Lipinski definition) is 3. The summed E-state index contributed by atoms with van der Waals surface area (Å²) < 4.78 is 0. The largest absolute Gasteiger partial charge is 0.330 e. The molecule has 3 N–H and O–H groups in total. The van der Waals surface area contributed by atoms with Crippen molar-refractivity contribution >= 4 is 0 Å². The Hall–Kier alpha value is -0.900. The molecule has 90 valence electrons. The van der Waals surface area contributed by atoms with Crippen LogP contribution in [0.15, 0.2) is 0 Å². The molecule has 0 spiro atoms. The quantitative estimate of drug-likeness (QED) is 0.816. The molecule has 0 aromatic carbocycles. The summed E-state index contributed by atoms with van der Waals surface area (Å²) >= 11 is 0. The molecule has 0 saturated heterocycles. The fourth-order valence-corrected chi connectivity index (χ4v) is 2.68. The smallest absolute Gasteiger partial charge is 0.150 e. The Morgan fingerprint density at radius 1 is 1.31 bits per heavy atom. The summed E-state index contributed by atoms with van der Waals surface area (Å²) in [6.45, 7) is 2.85. The Labute approximate surface area is 97.0 Å². The zero-order valence-electron chi connectivity index (χ0n) is 10.1. The molecule has 1 aromatic heterocycles. The third-order valence-corrected chi connectivity index (χ3v) is 3.78. The Morgan fingerprint density at radius 2 is 2.06 bits per heavy atom. The van der Waals surface area contributed by atoms with E-state index in [0.717, 1.165) is 31.0 Å². The van der Waals surface area contributed by atoms with Gasteiger partial charge in [-0.3, -0.25) is 5.10 Å². The van der Waals surface area contributed by atoms with Gasteiger partial charge in [-0.1, -0.05) is 26.2 Å². The zero-order valence-corrected chi connectivity index (χ0v) is 10.1. The number of nitrogens with one attached hydrogen (secondary N) is 1. The molecule has 0 unspecified atom stereocenters. The van der Waals surface area contributed by atoms with Crippen LogP contribution in [0.5, 0.6) is 0 Å². The molecule has 1 fully saturated rings. The molecule has 16 heavy (non-hydrogen) atoms. The SMILES string of the molecule is CCc1n[nH]c(CC2(CN)CCCCC2)n1. The van der Waals surface area contributed by atoms with Crippen molar-refractivity contribution in [1.82, 2.24) is 15.2 Å². The first-order chi connectivity index (χ1) is 7.78. The van der Waals surface area contributed by atoms with E-state index in [1.54, 1.807) is 0 Å². The molecular formula is C12H22N4. The molecule has 0 atom stereocenters. The van der Waals surface area contributed by atoms with Crippen molar-refractivity contribution in [3.63, 3.8) is 0 Å². The van der Waals surface area contributed by atoms with Gasteiger partial charge in [-0.25, -0.2) is 4.98 Å². The predicted molar refractivity (Wildman–Crippen MR) is 64.0 cm³/mol. The number of H-pyrrole nitrogens is 1. The van der Waals surface area contributed by atoms with E-state index in [9.17, 15) is 0 Å². The van der Waals surface area contributed by atoms with E-state index >= 15 is 0 Å². The second-order valence-corrected chi connectivity index (χ2v) is 4.99. The minimum Gasteiger partial charge on any atom is -0.330 e. The van der Waals surface area contributed by atoms with Gasteiger partial charge in [0.15, 0.2) is 0 Å². The molecule has 1 saturated carbocycles.